The first-order valence-corrected chi connectivity index (χ1v) is 3.57. The van der Waals surface area contributed by atoms with Crippen LogP contribution in [0.3, 0.4) is 0 Å². The summed E-state index contributed by atoms with van der Waals surface area (Å²) in [7, 11) is 0. The molecule has 0 N–H and O–H groups in total. The smallest absolute Gasteiger partial charge is 0.0499 e. The molecule has 0 heterocycles. The van der Waals surface area contributed by atoms with E-state index in [2.05, 4.69) is 11.6 Å². The quantitative estimate of drug-likeness (QED) is 0.499. The van der Waals surface area contributed by atoms with Gasteiger partial charge in [0.05, 0.1) is 0 Å². The molecule has 0 aromatic rings. The van der Waals surface area contributed by atoms with Crippen LogP contribution < -0.4 is 0 Å². The highest BCUT2D eigenvalue weighted by molar-refractivity contribution is 5.70. The molecule has 0 radical (unpaired) electrons. The predicted octanol–water partition coefficient (Wildman–Crippen LogP) is 2.19. The maximum absolute atomic E-state index is 4.30. The minimum atomic E-state index is 0.614. The van der Waals surface area contributed by atoms with Crippen LogP contribution in [-0.2, 0) is 0 Å². The molecule has 0 spiro atoms. The van der Waals surface area contributed by atoms with E-state index in [0.29, 0.717) is 6.04 Å². The van der Waals surface area contributed by atoms with E-state index in [1.165, 1.54) is 25.7 Å². The average Bonchev–Trinajstić information content (AvgIpc) is 2.34. The highest BCUT2D eigenvalue weighted by Gasteiger charge is 2.11. The first-order chi connectivity index (χ1) is 4.43. The Hall–Kier alpha value is -0.590. The van der Waals surface area contributed by atoms with Crippen LogP contribution in [0.1, 0.15) is 25.7 Å². The first-order valence-electron chi connectivity index (χ1n) is 3.57. The van der Waals surface area contributed by atoms with Crippen molar-refractivity contribution in [2.75, 3.05) is 0 Å². The van der Waals surface area contributed by atoms with Crippen molar-refractivity contribution in [3.63, 3.8) is 0 Å². The molecule has 0 atom stereocenters. The van der Waals surface area contributed by atoms with Gasteiger partial charge in [-0.15, -0.1) is 0 Å². The number of aliphatic imine (C=N–C) groups is 1. The van der Waals surface area contributed by atoms with Crippen molar-refractivity contribution in [3.05, 3.63) is 12.7 Å². The summed E-state index contributed by atoms with van der Waals surface area (Å²) in [6, 6.07) is 0.614. The molecule has 0 aromatic carbocycles. The van der Waals surface area contributed by atoms with Crippen LogP contribution in [0, 0.1) is 0 Å². The van der Waals surface area contributed by atoms with Crippen LogP contribution in [0.25, 0.3) is 0 Å². The third-order valence-corrected chi connectivity index (χ3v) is 1.73. The second-order valence-corrected chi connectivity index (χ2v) is 2.47. The number of allylic oxidation sites excluding steroid dienone is 1. The Balaban J connectivity index is 2.25. The molecular formula is C8H13N. The highest BCUT2D eigenvalue weighted by atomic mass is 14.8. The third-order valence-electron chi connectivity index (χ3n) is 1.73. The lowest BCUT2D eigenvalue weighted by Crippen LogP contribution is -1.94. The van der Waals surface area contributed by atoms with Gasteiger partial charge >= 0.3 is 0 Å². The van der Waals surface area contributed by atoms with Gasteiger partial charge in [0.2, 0.25) is 0 Å². The van der Waals surface area contributed by atoms with Crippen molar-refractivity contribution in [2.24, 2.45) is 4.99 Å². The van der Waals surface area contributed by atoms with Crippen LogP contribution in [-0.4, -0.2) is 12.3 Å². The molecule has 1 fully saturated rings. The van der Waals surface area contributed by atoms with E-state index in [9.17, 15) is 0 Å². The van der Waals surface area contributed by atoms with Gasteiger partial charge in [-0.2, -0.15) is 0 Å². The molecule has 1 heteroatoms. The summed E-state index contributed by atoms with van der Waals surface area (Å²) in [5, 5.41) is 0. The number of nitrogens with zero attached hydrogens (tertiary/aromatic N) is 1. The molecule has 1 aliphatic carbocycles. The van der Waals surface area contributed by atoms with Crippen LogP contribution >= 0.6 is 0 Å². The van der Waals surface area contributed by atoms with Crippen molar-refractivity contribution < 1.29 is 0 Å². The molecule has 1 aliphatic rings. The fraction of sp³-hybridized carbons (Fsp3) is 0.625. The van der Waals surface area contributed by atoms with Crippen molar-refractivity contribution in [1.82, 2.24) is 0 Å². The molecule has 0 bridgehead atoms. The number of hydrogen-bond acceptors (Lipinski definition) is 1. The Kier molecular flexibility index (Phi) is 2.49. The Labute approximate surface area is 56.5 Å². The van der Waals surface area contributed by atoms with Gasteiger partial charge in [0.1, 0.15) is 0 Å². The molecule has 0 aliphatic heterocycles. The highest BCUT2D eigenvalue weighted by Crippen LogP contribution is 2.20. The fourth-order valence-corrected chi connectivity index (χ4v) is 1.24. The van der Waals surface area contributed by atoms with Crippen molar-refractivity contribution in [1.29, 1.82) is 0 Å². The molecule has 1 nitrogen and oxygen atoms in total. The monoisotopic (exact) mass is 123 g/mol. The summed E-state index contributed by atoms with van der Waals surface area (Å²) in [6.45, 7) is 3.57. The first kappa shape index (κ1) is 6.53. The van der Waals surface area contributed by atoms with E-state index < -0.39 is 0 Å². The lowest BCUT2D eigenvalue weighted by atomic mass is 10.3. The largest absolute Gasteiger partial charge is 0.290 e. The predicted molar refractivity (Wildman–Crippen MR) is 40.9 cm³/mol. The minimum absolute atomic E-state index is 0.614. The normalized spacial score (nSPS) is 21.3. The van der Waals surface area contributed by atoms with E-state index in [0.717, 1.165) is 0 Å². The Morgan fingerprint density at radius 3 is 2.56 bits per heavy atom. The average molecular weight is 123 g/mol. The van der Waals surface area contributed by atoms with Crippen molar-refractivity contribution in [2.45, 2.75) is 31.7 Å². The van der Waals surface area contributed by atoms with Crippen molar-refractivity contribution in [3.8, 4) is 0 Å². The van der Waals surface area contributed by atoms with E-state index in [1.807, 2.05) is 6.21 Å². The van der Waals surface area contributed by atoms with Gasteiger partial charge in [-0.25, -0.2) is 0 Å². The molecule has 9 heavy (non-hydrogen) atoms. The molecule has 0 amide bonds. The molecule has 1 saturated carbocycles. The van der Waals surface area contributed by atoms with Crippen LogP contribution in [0.15, 0.2) is 17.6 Å². The van der Waals surface area contributed by atoms with Gasteiger partial charge in [0.15, 0.2) is 0 Å². The summed E-state index contributed by atoms with van der Waals surface area (Å²) in [5.74, 6) is 0. The molecular weight excluding hydrogens is 110 g/mol. The topological polar surface area (TPSA) is 12.4 Å². The minimum Gasteiger partial charge on any atom is -0.290 e. The number of hydrogen-bond donors (Lipinski definition) is 0. The fourth-order valence-electron chi connectivity index (χ4n) is 1.24. The van der Waals surface area contributed by atoms with Crippen LogP contribution in [0.5, 0.6) is 0 Å². The van der Waals surface area contributed by atoms with Gasteiger partial charge in [-0.05, 0) is 12.8 Å². The summed E-state index contributed by atoms with van der Waals surface area (Å²) < 4.78 is 0. The van der Waals surface area contributed by atoms with Gasteiger partial charge in [-0.3, -0.25) is 4.99 Å². The second kappa shape index (κ2) is 3.44. The SMILES string of the molecule is C=CC=NC1CCCC1. The molecule has 1 rings (SSSR count). The summed E-state index contributed by atoms with van der Waals surface area (Å²) in [4.78, 5) is 4.30. The van der Waals surface area contributed by atoms with E-state index in [4.69, 9.17) is 0 Å². The second-order valence-electron chi connectivity index (χ2n) is 2.47. The van der Waals surface area contributed by atoms with E-state index in [1.54, 1.807) is 6.08 Å². The standard InChI is InChI=1S/C8H13N/c1-2-7-9-8-5-3-4-6-8/h2,7-8H,1,3-6H2. The summed E-state index contributed by atoms with van der Waals surface area (Å²) in [5.41, 5.74) is 0. The van der Waals surface area contributed by atoms with E-state index >= 15 is 0 Å². The van der Waals surface area contributed by atoms with Crippen LogP contribution in [0.2, 0.25) is 0 Å². The van der Waals surface area contributed by atoms with Gasteiger partial charge in [-0.1, -0.05) is 25.5 Å². The molecule has 0 aromatic heterocycles. The van der Waals surface area contributed by atoms with E-state index in [-0.39, 0.29) is 0 Å². The molecule has 0 saturated heterocycles. The third kappa shape index (κ3) is 2.00. The summed E-state index contributed by atoms with van der Waals surface area (Å²) >= 11 is 0. The molecule has 50 valence electrons. The Morgan fingerprint density at radius 2 is 2.00 bits per heavy atom. The zero-order valence-corrected chi connectivity index (χ0v) is 5.71. The Morgan fingerprint density at radius 1 is 1.33 bits per heavy atom. The Bertz CT molecular complexity index is 110. The van der Waals surface area contributed by atoms with Crippen LogP contribution in [0.4, 0.5) is 0 Å². The maximum Gasteiger partial charge on any atom is 0.0499 e. The van der Waals surface area contributed by atoms with Gasteiger partial charge in [0, 0.05) is 12.3 Å². The van der Waals surface area contributed by atoms with Gasteiger partial charge < -0.3 is 0 Å². The summed E-state index contributed by atoms with van der Waals surface area (Å²) in [6.07, 6.45) is 8.85. The molecule has 0 unspecified atom stereocenters. The maximum atomic E-state index is 4.30. The zero-order valence-electron chi connectivity index (χ0n) is 5.71. The lowest BCUT2D eigenvalue weighted by molar-refractivity contribution is 0.710. The lowest BCUT2D eigenvalue weighted by Gasteiger charge is -1.97. The van der Waals surface area contributed by atoms with Crippen molar-refractivity contribution >= 4 is 6.21 Å². The zero-order chi connectivity index (χ0) is 6.53. The number of rotatable bonds is 2. The van der Waals surface area contributed by atoms with Gasteiger partial charge in [0.25, 0.3) is 0 Å².